The van der Waals surface area contributed by atoms with E-state index in [-0.39, 0.29) is 12.4 Å². The quantitative estimate of drug-likeness (QED) is 0.615. The van der Waals surface area contributed by atoms with Crippen molar-refractivity contribution in [2.75, 3.05) is 7.11 Å². The lowest BCUT2D eigenvalue weighted by Gasteiger charge is -2.32. The first kappa shape index (κ1) is 15.1. The van der Waals surface area contributed by atoms with Gasteiger partial charge in [-0.1, -0.05) is 24.3 Å². The van der Waals surface area contributed by atoms with Gasteiger partial charge in [0.15, 0.2) is 5.72 Å². The molecule has 3 N–H and O–H groups in total. The minimum absolute atomic E-state index is 0. The van der Waals surface area contributed by atoms with Crippen molar-refractivity contribution in [2.24, 2.45) is 5.73 Å². The van der Waals surface area contributed by atoms with Gasteiger partial charge in [0.25, 0.3) is 0 Å². The highest BCUT2D eigenvalue weighted by Crippen LogP contribution is 2.25. The van der Waals surface area contributed by atoms with Crippen LogP contribution in [-0.4, -0.2) is 24.6 Å². The van der Waals surface area contributed by atoms with Crippen LogP contribution in [-0.2, 0) is 10.5 Å². The van der Waals surface area contributed by atoms with Crippen LogP contribution in [0.5, 0.6) is 0 Å². The molecule has 0 saturated carbocycles. The van der Waals surface area contributed by atoms with Crippen LogP contribution < -0.4 is 5.73 Å². The highest BCUT2D eigenvalue weighted by Gasteiger charge is 2.34. The van der Waals surface area contributed by atoms with Gasteiger partial charge in [0, 0.05) is 18.2 Å². The number of aliphatic hydroxyl groups is 1. The first-order chi connectivity index (χ1) is 7.06. The molecule has 0 amide bonds. The second kappa shape index (κ2) is 5.96. The van der Waals surface area contributed by atoms with Crippen LogP contribution in [0.25, 0.3) is 0 Å². The minimum Gasteiger partial charge on any atom is -0.389 e. The second-order valence-corrected chi connectivity index (χ2v) is 3.38. The lowest BCUT2D eigenvalue weighted by molar-refractivity contribution is -0.0972. The summed E-state index contributed by atoms with van der Waals surface area (Å²) in [4.78, 5) is 10.8. The molecule has 0 bridgehead atoms. The number of aldehydes is 1. The molecule has 1 rings (SSSR count). The van der Waals surface area contributed by atoms with Crippen LogP contribution in [0.4, 0.5) is 0 Å². The number of carbonyl (C=O) groups excluding carboxylic acids is 1. The average Bonchev–Trinajstić information content (AvgIpc) is 2.27. The van der Waals surface area contributed by atoms with E-state index in [0.29, 0.717) is 17.4 Å². The number of halogens is 1. The molecule has 0 fully saturated rings. The molecule has 1 aromatic rings. The van der Waals surface area contributed by atoms with Gasteiger partial charge < -0.3 is 9.84 Å². The van der Waals surface area contributed by atoms with E-state index in [4.69, 9.17) is 10.5 Å². The first-order valence-corrected chi connectivity index (χ1v) is 4.63. The van der Waals surface area contributed by atoms with Crippen LogP contribution in [0.15, 0.2) is 24.3 Å². The van der Waals surface area contributed by atoms with Crippen LogP contribution in [0.3, 0.4) is 0 Å². The third-order valence-electron chi connectivity index (χ3n) is 2.47. The summed E-state index contributed by atoms with van der Waals surface area (Å²) in [6.45, 7) is 1.52. The van der Waals surface area contributed by atoms with E-state index >= 15 is 0 Å². The number of ether oxygens (including phenoxy) is 1. The van der Waals surface area contributed by atoms with Gasteiger partial charge >= 0.3 is 0 Å². The summed E-state index contributed by atoms with van der Waals surface area (Å²) in [5.74, 6) is 0. The van der Waals surface area contributed by atoms with E-state index in [1.54, 1.807) is 24.3 Å². The number of carbonyl (C=O) groups is 1. The number of hydrogen-bond acceptors (Lipinski definition) is 4. The normalized spacial score (nSPS) is 15.8. The van der Waals surface area contributed by atoms with Gasteiger partial charge in [-0.3, -0.25) is 10.5 Å². The molecule has 16 heavy (non-hydrogen) atoms. The standard InChI is InChI=1S/C11H15NO3.ClH/c1-8(14)11(12,15-2)10-6-4-3-5-9(10)7-13;/h3-8,14H,12H2,1-2H3;1H/t8-,11+;/m0./s1. The summed E-state index contributed by atoms with van der Waals surface area (Å²) in [6.07, 6.45) is -0.221. The van der Waals surface area contributed by atoms with Crippen LogP contribution >= 0.6 is 12.4 Å². The Morgan fingerprint density at radius 2 is 2.06 bits per heavy atom. The summed E-state index contributed by atoms with van der Waals surface area (Å²) in [7, 11) is 1.40. The van der Waals surface area contributed by atoms with E-state index < -0.39 is 11.8 Å². The summed E-state index contributed by atoms with van der Waals surface area (Å²) in [5, 5.41) is 9.58. The molecule has 0 aromatic heterocycles. The van der Waals surface area contributed by atoms with Crippen molar-refractivity contribution in [3.8, 4) is 0 Å². The predicted molar refractivity (Wildman–Crippen MR) is 63.6 cm³/mol. The summed E-state index contributed by atoms with van der Waals surface area (Å²) in [5.41, 5.74) is 5.46. The maximum absolute atomic E-state index is 10.8. The van der Waals surface area contributed by atoms with Gasteiger partial charge in [0.1, 0.15) is 6.29 Å². The largest absolute Gasteiger partial charge is 0.389 e. The molecular formula is C11H16ClNO3. The zero-order valence-electron chi connectivity index (χ0n) is 9.21. The maximum Gasteiger partial charge on any atom is 0.168 e. The first-order valence-electron chi connectivity index (χ1n) is 4.63. The van der Waals surface area contributed by atoms with Gasteiger partial charge in [0.05, 0.1) is 6.10 Å². The van der Waals surface area contributed by atoms with Gasteiger partial charge in [-0.05, 0) is 6.92 Å². The van der Waals surface area contributed by atoms with E-state index in [1.807, 2.05) is 0 Å². The predicted octanol–water partition coefficient (Wildman–Crippen LogP) is 1.06. The number of benzene rings is 1. The fourth-order valence-electron chi connectivity index (χ4n) is 1.46. The molecule has 0 heterocycles. The molecule has 4 nitrogen and oxygen atoms in total. The molecular weight excluding hydrogens is 230 g/mol. The summed E-state index contributed by atoms with van der Waals surface area (Å²) >= 11 is 0. The Bertz CT molecular complexity index is 357. The molecule has 0 unspecified atom stereocenters. The van der Waals surface area contributed by atoms with Crippen molar-refractivity contribution in [3.63, 3.8) is 0 Å². The van der Waals surface area contributed by atoms with Gasteiger partial charge in [-0.25, -0.2) is 0 Å². The highest BCUT2D eigenvalue weighted by molar-refractivity contribution is 5.85. The average molecular weight is 246 g/mol. The molecule has 0 radical (unpaired) electrons. The highest BCUT2D eigenvalue weighted by atomic mass is 35.5. The summed E-state index contributed by atoms with van der Waals surface area (Å²) < 4.78 is 5.10. The zero-order chi connectivity index (χ0) is 11.5. The lowest BCUT2D eigenvalue weighted by Crippen LogP contribution is -2.48. The number of hydrogen-bond donors (Lipinski definition) is 2. The number of nitrogens with two attached hydrogens (primary N) is 1. The minimum atomic E-state index is -1.35. The van der Waals surface area contributed by atoms with Crippen LogP contribution in [0.1, 0.15) is 22.8 Å². The Balaban J connectivity index is 0.00000225. The molecule has 1 aromatic carbocycles. The van der Waals surface area contributed by atoms with Gasteiger partial charge in [-0.2, -0.15) is 0 Å². The van der Waals surface area contributed by atoms with E-state index in [9.17, 15) is 9.90 Å². The van der Waals surface area contributed by atoms with Crippen molar-refractivity contribution < 1.29 is 14.6 Å². The van der Waals surface area contributed by atoms with Crippen molar-refractivity contribution in [3.05, 3.63) is 35.4 Å². The Morgan fingerprint density at radius 1 is 1.50 bits per heavy atom. The van der Waals surface area contributed by atoms with E-state index in [2.05, 4.69) is 0 Å². The van der Waals surface area contributed by atoms with Crippen molar-refractivity contribution in [2.45, 2.75) is 18.8 Å². The SMILES string of the molecule is CO[C@@](N)(c1ccccc1C=O)[C@H](C)O.Cl. The molecule has 0 spiro atoms. The number of aliphatic hydroxyl groups excluding tert-OH is 1. The smallest absolute Gasteiger partial charge is 0.168 e. The Morgan fingerprint density at radius 3 is 2.50 bits per heavy atom. The van der Waals surface area contributed by atoms with E-state index in [1.165, 1.54) is 14.0 Å². The Labute approximate surface area is 101 Å². The number of methoxy groups -OCH3 is 1. The summed E-state index contributed by atoms with van der Waals surface area (Å²) in [6, 6.07) is 6.77. The number of rotatable bonds is 4. The third-order valence-corrected chi connectivity index (χ3v) is 2.47. The van der Waals surface area contributed by atoms with Crippen molar-refractivity contribution >= 4 is 18.7 Å². The molecule has 0 aliphatic heterocycles. The third kappa shape index (κ3) is 2.59. The lowest BCUT2D eigenvalue weighted by atomic mass is 9.94. The van der Waals surface area contributed by atoms with Crippen molar-refractivity contribution in [1.29, 1.82) is 0 Å². The van der Waals surface area contributed by atoms with Crippen LogP contribution in [0.2, 0.25) is 0 Å². The maximum atomic E-state index is 10.8. The van der Waals surface area contributed by atoms with Crippen molar-refractivity contribution in [1.82, 2.24) is 0 Å². The molecule has 2 atom stereocenters. The molecule has 5 heteroatoms. The molecule has 0 aliphatic carbocycles. The zero-order valence-corrected chi connectivity index (χ0v) is 10.0. The topological polar surface area (TPSA) is 72.5 Å². The Hall–Kier alpha value is -0.940. The van der Waals surface area contributed by atoms with Crippen LogP contribution in [0, 0.1) is 0 Å². The van der Waals surface area contributed by atoms with Gasteiger partial charge in [-0.15, -0.1) is 12.4 Å². The second-order valence-electron chi connectivity index (χ2n) is 3.38. The van der Waals surface area contributed by atoms with E-state index in [0.717, 1.165) is 0 Å². The molecule has 90 valence electrons. The fraction of sp³-hybridized carbons (Fsp3) is 0.364. The molecule has 0 saturated heterocycles. The van der Waals surface area contributed by atoms with Gasteiger partial charge in [0.2, 0.25) is 0 Å². The molecule has 0 aliphatic rings. The Kier molecular flexibility index (Phi) is 5.61. The monoisotopic (exact) mass is 245 g/mol. The fourth-order valence-corrected chi connectivity index (χ4v) is 1.46.